The van der Waals surface area contributed by atoms with Gasteiger partial charge in [-0.25, -0.2) is 9.97 Å². The first-order chi connectivity index (χ1) is 9.22. The van der Waals surface area contributed by atoms with Gasteiger partial charge in [-0.3, -0.25) is 0 Å². The third kappa shape index (κ3) is 2.13. The first kappa shape index (κ1) is 12.9. The maximum atomic E-state index is 6.06. The molecule has 19 heavy (non-hydrogen) atoms. The van der Waals surface area contributed by atoms with E-state index in [0.29, 0.717) is 17.8 Å². The molecule has 2 aromatic heterocycles. The smallest absolute Gasteiger partial charge is 0.160 e. The minimum absolute atomic E-state index is 0.315. The molecule has 4 nitrogen and oxygen atoms in total. The van der Waals surface area contributed by atoms with E-state index >= 15 is 0 Å². The highest BCUT2D eigenvalue weighted by Crippen LogP contribution is 2.31. The first-order valence-corrected chi connectivity index (χ1v) is 7.22. The van der Waals surface area contributed by atoms with Crippen LogP contribution in [0.1, 0.15) is 30.8 Å². The van der Waals surface area contributed by atoms with Gasteiger partial charge in [0.15, 0.2) is 5.65 Å². The topological polar surface area (TPSA) is 39.9 Å². The zero-order chi connectivity index (χ0) is 13.4. The number of rotatable bonds is 3. The highest BCUT2D eigenvalue weighted by atomic mass is 35.5. The highest BCUT2D eigenvalue weighted by Gasteiger charge is 2.27. The molecule has 3 heterocycles. The van der Waals surface area contributed by atoms with Crippen molar-refractivity contribution >= 4 is 22.8 Å². The zero-order valence-corrected chi connectivity index (χ0v) is 12.0. The average Bonchev–Trinajstić information content (AvgIpc) is 3.05. The van der Waals surface area contributed by atoms with Crippen molar-refractivity contribution in [2.75, 3.05) is 13.2 Å². The molecule has 0 N–H and O–H groups in total. The van der Waals surface area contributed by atoms with E-state index in [0.717, 1.165) is 42.2 Å². The lowest BCUT2D eigenvalue weighted by atomic mass is 10.0. The Morgan fingerprint density at radius 2 is 2.42 bits per heavy atom. The molecule has 5 heteroatoms. The van der Waals surface area contributed by atoms with E-state index in [9.17, 15) is 0 Å². The Balaban J connectivity index is 2.12. The minimum Gasteiger partial charge on any atom is -0.381 e. The lowest BCUT2D eigenvalue weighted by Gasteiger charge is -2.21. The normalized spacial score (nSPS) is 21.1. The molecule has 0 aromatic carbocycles. The number of hydrogen-bond donors (Lipinski definition) is 0. The molecule has 0 radical (unpaired) electrons. The molecular formula is C14H18ClN3O. The number of hydrogen-bond acceptors (Lipinski definition) is 3. The van der Waals surface area contributed by atoms with Crippen LogP contribution in [0.4, 0.5) is 0 Å². The molecule has 102 valence electrons. The molecule has 2 aromatic rings. The molecular weight excluding hydrogens is 262 g/mol. The molecule has 2 unspecified atom stereocenters. The van der Waals surface area contributed by atoms with Crippen molar-refractivity contribution in [2.45, 2.75) is 32.2 Å². The van der Waals surface area contributed by atoms with Crippen molar-refractivity contribution in [3.8, 4) is 0 Å². The standard InChI is InChI=1S/C14H18ClN3O/c1-9-3-5-16-14-13(9)17-12(7-15)18(14)10(2)11-4-6-19-8-11/h3,5,10-11H,4,6-8H2,1-2H3. The van der Waals surface area contributed by atoms with Crippen LogP contribution in [0.5, 0.6) is 0 Å². The second-order valence-electron chi connectivity index (χ2n) is 5.20. The Kier molecular flexibility index (Phi) is 3.46. The number of imidazole rings is 1. The second kappa shape index (κ2) is 5.10. The maximum absolute atomic E-state index is 6.06. The summed E-state index contributed by atoms with van der Waals surface area (Å²) >= 11 is 6.06. The van der Waals surface area contributed by atoms with Crippen molar-refractivity contribution < 1.29 is 4.74 Å². The van der Waals surface area contributed by atoms with Crippen LogP contribution in [0.25, 0.3) is 11.2 Å². The summed E-state index contributed by atoms with van der Waals surface area (Å²) in [6.45, 7) is 5.93. The molecule has 1 aliphatic heterocycles. The summed E-state index contributed by atoms with van der Waals surface area (Å²) in [6, 6.07) is 2.30. The van der Waals surface area contributed by atoms with Gasteiger partial charge in [-0.05, 0) is 31.9 Å². The van der Waals surface area contributed by atoms with Gasteiger partial charge in [0, 0.05) is 24.8 Å². The largest absolute Gasteiger partial charge is 0.381 e. The molecule has 0 saturated carbocycles. The van der Waals surface area contributed by atoms with Crippen LogP contribution in [0, 0.1) is 12.8 Å². The lowest BCUT2D eigenvalue weighted by Crippen LogP contribution is -2.19. The summed E-state index contributed by atoms with van der Waals surface area (Å²) < 4.78 is 7.69. The molecule has 2 atom stereocenters. The summed E-state index contributed by atoms with van der Waals surface area (Å²) in [6.07, 6.45) is 2.93. The number of halogens is 1. The Labute approximate surface area is 117 Å². The van der Waals surface area contributed by atoms with Crippen molar-refractivity contribution in [1.29, 1.82) is 0 Å². The van der Waals surface area contributed by atoms with Gasteiger partial charge in [0.1, 0.15) is 11.3 Å². The summed E-state index contributed by atoms with van der Waals surface area (Å²) in [4.78, 5) is 9.15. The quantitative estimate of drug-likeness (QED) is 0.811. The number of ether oxygens (including phenoxy) is 1. The Bertz CT molecular complexity index is 590. The maximum Gasteiger partial charge on any atom is 0.160 e. The summed E-state index contributed by atoms with van der Waals surface area (Å²) in [5.74, 6) is 1.83. The van der Waals surface area contributed by atoms with E-state index < -0.39 is 0 Å². The van der Waals surface area contributed by atoms with E-state index in [4.69, 9.17) is 16.3 Å². The van der Waals surface area contributed by atoms with Crippen LogP contribution >= 0.6 is 11.6 Å². The molecule has 0 amide bonds. The van der Waals surface area contributed by atoms with Gasteiger partial charge < -0.3 is 9.30 Å². The van der Waals surface area contributed by atoms with E-state index in [1.807, 2.05) is 12.3 Å². The van der Waals surface area contributed by atoms with Crippen LogP contribution in [-0.2, 0) is 10.6 Å². The van der Waals surface area contributed by atoms with Crippen LogP contribution < -0.4 is 0 Å². The van der Waals surface area contributed by atoms with Gasteiger partial charge in [-0.1, -0.05) is 0 Å². The van der Waals surface area contributed by atoms with E-state index in [1.165, 1.54) is 0 Å². The van der Waals surface area contributed by atoms with Crippen molar-refractivity contribution in [3.05, 3.63) is 23.7 Å². The van der Waals surface area contributed by atoms with Gasteiger partial charge in [0.05, 0.1) is 12.5 Å². The predicted octanol–water partition coefficient (Wildman–Crippen LogP) is 3.08. The van der Waals surface area contributed by atoms with Crippen LogP contribution in [0.15, 0.2) is 12.3 Å². The molecule has 0 bridgehead atoms. The average molecular weight is 280 g/mol. The van der Waals surface area contributed by atoms with Crippen LogP contribution in [0.3, 0.4) is 0 Å². The first-order valence-electron chi connectivity index (χ1n) is 6.68. The second-order valence-corrected chi connectivity index (χ2v) is 5.46. The number of aryl methyl sites for hydroxylation is 1. The van der Waals surface area contributed by atoms with Gasteiger partial charge in [0.25, 0.3) is 0 Å². The summed E-state index contributed by atoms with van der Waals surface area (Å²) in [7, 11) is 0. The number of alkyl halides is 1. The highest BCUT2D eigenvalue weighted by molar-refractivity contribution is 6.16. The number of pyridine rings is 1. The third-order valence-electron chi connectivity index (χ3n) is 4.03. The van der Waals surface area contributed by atoms with Crippen LogP contribution in [0.2, 0.25) is 0 Å². The monoisotopic (exact) mass is 279 g/mol. The number of nitrogens with zero attached hydrogens (tertiary/aromatic N) is 3. The molecule has 1 aliphatic rings. The van der Waals surface area contributed by atoms with Gasteiger partial charge in [-0.2, -0.15) is 0 Å². The zero-order valence-electron chi connectivity index (χ0n) is 11.3. The van der Waals surface area contributed by atoms with Gasteiger partial charge >= 0.3 is 0 Å². The van der Waals surface area contributed by atoms with E-state index in [-0.39, 0.29) is 0 Å². The van der Waals surface area contributed by atoms with Gasteiger partial charge in [0.2, 0.25) is 0 Å². The lowest BCUT2D eigenvalue weighted by molar-refractivity contribution is 0.175. The number of fused-ring (bicyclic) bond motifs is 1. The molecule has 1 fully saturated rings. The minimum atomic E-state index is 0.315. The Morgan fingerprint density at radius 3 is 3.11 bits per heavy atom. The third-order valence-corrected chi connectivity index (χ3v) is 4.27. The summed E-state index contributed by atoms with van der Waals surface area (Å²) in [5, 5.41) is 0. The Hall–Kier alpha value is -1.13. The van der Waals surface area contributed by atoms with Crippen molar-refractivity contribution in [2.24, 2.45) is 5.92 Å². The Morgan fingerprint density at radius 1 is 1.58 bits per heavy atom. The van der Waals surface area contributed by atoms with Crippen LogP contribution in [-0.4, -0.2) is 27.7 Å². The molecule has 3 rings (SSSR count). The van der Waals surface area contributed by atoms with Crippen molar-refractivity contribution in [3.63, 3.8) is 0 Å². The van der Waals surface area contributed by atoms with E-state index in [1.54, 1.807) is 0 Å². The predicted molar refractivity (Wildman–Crippen MR) is 75.5 cm³/mol. The van der Waals surface area contributed by atoms with E-state index in [2.05, 4.69) is 28.4 Å². The molecule has 0 spiro atoms. The SMILES string of the molecule is Cc1ccnc2c1nc(CCl)n2C(C)C1CCOC1. The van der Waals surface area contributed by atoms with Gasteiger partial charge in [-0.15, -0.1) is 11.6 Å². The molecule has 1 saturated heterocycles. The van der Waals surface area contributed by atoms with Crippen molar-refractivity contribution in [1.82, 2.24) is 14.5 Å². The fourth-order valence-corrected chi connectivity index (χ4v) is 3.01. The summed E-state index contributed by atoms with van der Waals surface area (Å²) in [5.41, 5.74) is 3.05. The fraction of sp³-hybridized carbons (Fsp3) is 0.571. The molecule has 0 aliphatic carbocycles. The fourth-order valence-electron chi connectivity index (χ4n) is 2.82. The number of aromatic nitrogens is 3.